The molecule has 0 aromatic heterocycles. The highest BCUT2D eigenvalue weighted by molar-refractivity contribution is 5.76. The zero-order valence-electron chi connectivity index (χ0n) is 12.0. The minimum Gasteiger partial charge on any atom is -0.349 e. The monoisotopic (exact) mass is 247 g/mol. The quantitative estimate of drug-likeness (QED) is 0.812. The standard InChI is InChI=1S/C16H25NO/c1-5-7-15(18)17-16(12(3)4)14-10-8-13(6-2)9-11-14/h8-12,16H,5-7H2,1-4H3,(H,17,18). The summed E-state index contributed by atoms with van der Waals surface area (Å²) < 4.78 is 0. The molecule has 2 heteroatoms. The summed E-state index contributed by atoms with van der Waals surface area (Å²) in [4.78, 5) is 11.7. The Hall–Kier alpha value is -1.31. The minimum atomic E-state index is 0.120. The van der Waals surface area contributed by atoms with Crippen LogP contribution in [0.25, 0.3) is 0 Å². The van der Waals surface area contributed by atoms with Crippen molar-refractivity contribution in [2.24, 2.45) is 5.92 Å². The molecule has 0 aliphatic heterocycles. The van der Waals surface area contributed by atoms with Crippen molar-refractivity contribution in [3.05, 3.63) is 35.4 Å². The van der Waals surface area contributed by atoms with E-state index in [0.29, 0.717) is 12.3 Å². The van der Waals surface area contributed by atoms with Crippen LogP contribution in [0.4, 0.5) is 0 Å². The summed E-state index contributed by atoms with van der Waals surface area (Å²) in [6.07, 6.45) is 2.55. The van der Waals surface area contributed by atoms with Crippen LogP contribution in [-0.2, 0) is 11.2 Å². The second-order valence-electron chi connectivity index (χ2n) is 5.13. The van der Waals surface area contributed by atoms with Gasteiger partial charge in [-0.1, -0.05) is 52.0 Å². The largest absolute Gasteiger partial charge is 0.349 e. The zero-order chi connectivity index (χ0) is 13.5. The van der Waals surface area contributed by atoms with E-state index in [1.165, 1.54) is 11.1 Å². The lowest BCUT2D eigenvalue weighted by atomic mass is 9.94. The molecule has 1 aromatic rings. The van der Waals surface area contributed by atoms with Crippen molar-refractivity contribution in [2.45, 2.75) is 53.0 Å². The van der Waals surface area contributed by atoms with Crippen LogP contribution in [0.2, 0.25) is 0 Å². The van der Waals surface area contributed by atoms with Crippen LogP contribution in [0.1, 0.15) is 57.7 Å². The third-order valence-electron chi connectivity index (χ3n) is 3.21. The van der Waals surface area contributed by atoms with Gasteiger partial charge in [0, 0.05) is 6.42 Å². The number of rotatable bonds is 6. The molecule has 0 saturated heterocycles. The van der Waals surface area contributed by atoms with E-state index in [9.17, 15) is 4.79 Å². The van der Waals surface area contributed by atoms with Crippen LogP contribution in [0.3, 0.4) is 0 Å². The molecule has 0 heterocycles. The van der Waals surface area contributed by atoms with Gasteiger partial charge in [0.25, 0.3) is 0 Å². The van der Waals surface area contributed by atoms with Crippen LogP contribution in [0.5, 0.6) is 0 Å². The van der Waals surface area contributed by atoms with Gasteiger partial charge in [-0.05, 0) is 29.9 Å². The molecule has 100 valence electrons. The number of amides is 1. The molecule has 18 heavy (non-hydrogen) atoms. The zero-order valence-corrected chi connectivity index (χ0v) is 12.0. The fourth-order valence-corrected chi connectivity index (χ4v) is 2.07. The maximum atomic E-state index is 11.7. The van der Waals surface area contributed by atoms with Crippen LogP contribution in [0.15, 0.2) is 24.3 Å². The number of carbonyl (C=O) groups is 1. The molecule has 1 unspecified atom stereocenters. The molecule has 0 saturated carbocycles. The molecule has 1 aromatic carbocycles. The normalized spacial score (nSPS) is 12.5. The molecule has 0 radical (unpaired) electrons. The maximum Gasteiger partial charge on any atom is 0.220 e. The average molecular weight is 247 g/mol. The first-order valence-electron chi connectivity index (χ1n) is 6.96. The maximum absolute atomic E-state index is 11.7. The molecule has 1 N–H and O–H groups in total. The topological polar surface area (TPSA) is 29.1 Å². The third kappa shape index (κ3) is 4.17. The van der Waals surface area contributed by atoms with E-state index in [0.717, 1.165) is 12.8 Å². The average Bonchev–Trinajstić information content (AvgIpc) is 2.36. The Bertz CT molecular complexity index is 367. The highest BCUT2D eigenvalue weighted by atomic mass is 16.1. The van der Waals surface area contributed by atoms with E-state index in [-0.39, 0.29) is 11.9 Å². The van der Waals surface area contributed by atoms with Crippen molar-refractivity contribution in [3.8, 4) is 0 Å². The lowest BCUT2D eigenvalue weighted by Crippen LogP contribution is -2.31. The molecule has 0 bridgehead atoms. The van der Waals surface area contributed by atoms with Crippen molar-refractivity contribution in [1.82, 2.24) is 5.32 Å². The van der Waals surface area contributed by atoms with E-state index in [4.69, 9.17) is 0 Å². The number of nitrogens with one attached hydrogen (secondary N) is 1. The van der Waals surface area contributed by atoms with Crippen molar-refractivity contribution in [1.29, 1.82) is 0 Å². The van der Waals surface area contributed by atoms with Gasteiger partial charge >= 0.3 is 0 Å². The molecule has 1 amide bonds. The summed E-state index contributed by atoms with van der Waals surface area (Å²) >= 11 is 0. The SMILES string of the molecule is CCCC(=O)NC(c1ccc(CC)cc1)C(C)C. The second kappa shape index (κ2) is 7.20. The van der Waals surface area contributed by atoms with Gasteiger partial charge in [-0.15, -0.1) is 0 Å². The number of hydrogen-bond donors (Lipinski definition) is 1. The summed E-state index contributed by atoms with van der Waals surface area (Å²) in [5.41, 5.74) is 2.53. The highest BCUT2D eigenvalue weighted by Crippen LogP contribution is 2.22. The van der Waals surface area contributed by atoms with E-state index >= 15 is 0 Å². The lowest BCUT2D eigenvalue weighted by Gasteiger charge is -2.23. The summed E-state index contributed by atoms with van der Waals surface area (Å²) in [5.74, 6) is 0.550. The van der Waals surface area contributed by atoms with Crippen LogP contribution in [-0.4, -0.2) is 5.91 Å². The molecule has 1 rings (SSSR count). The second-order valence-corrected chi connectivity index (χ2v) is 5.13. The third-order valence-corrected chi connectivity index (χ3v) is 3.21. The summed E-state index contributed by atoms with van der Waals surface area (Å²) in [6.45, 7) is 8.47. The fraction of sp³-hybridized carbons (Fsp3) is 0.562. The van der Waals surface area contributed by atoms with E-state index in [1.807, 2.05) is 6.92 Å². The molecule has 0 fully saturated rings. The number of hydrogen-bond acceptors (Lipinski definition) is 1. The summed E-state index contributed by atoms with van der Waals surface area (Å²) in [7, 11) is 0. The van der Waals surface area contributed by atoms with Gasteiger partial charge in [0.05, 0.1) is 6.04 Å². The summed E-state index contributed by atoms with van der Waals surface area (Å²) in [6, 6.07) is 8.69. The fourth-order valence-electron chi connectivity index (χ4n) is 2.07. The van der Waals surface area contributed by atoms with E-state index in [1.54, 1.807) is 0 Å². The molecular weight excluding hydrogens is 222 g/mol. The van der Waals surface area contributed by atoms with Gasteiger partial charge < -0.3 is 5.32 Å². The molecule has 2 nitrogen and oxygen atoms in total. The van der Waals surface area contributed by atoms with Gasteiger partial charge in [-0.25, -0.2) is 0 Å². The van der Waals surface area contributed by atoms with Gasteiger partial charge in [0.1, 0.15) is 0 Å². The number of carbonyl (C=O) groups excluding carboxylic acids is 1. The van der Waals surface area contributed by atoms with Crippen LogP contribution < -0.4 is 5.32 Å². The smallest absolute Gasteiger partial charge is 0.220 e. The molecule has 1 atom stereocenters. The van der Waals surface area contributed by atoms with Gasteiger partial charge in [-0.2, -0.15) is 0 Å². The molecular formula is C16H25NO. The van der Waals surface area contributed by atoms with Crippen molar-refractivity contribution in [3.63, 3.8) is 0 Å². The van der Waals surface area contributed by atoms with Crippen molar-refractivity contribution < 1.29 is 4.79 Å². The van der Waals surface area contributed by atoms with Crippen LogP contribution in [0, 0.1) is 5.92 Å². The van der Waals surface area contributed by atoms with Crippen molar-refractivity contribution in [2.75, 3.05) is 0 Å². The first kappa shape index (κ1) is 14.7. The Morgan fingerprint density at radius 3 is 2.22 bits per heavy atom. The highest BCUT2D eigenvalue weighted by Gasteiger charge is 2.17. The molecule has 0 aliphatic rings. The first-order valence-corrected chi connectivity index (χ1v) is 6.96. The Labute approximate surface area is 111 Å². The predicted octanol–water partition coefficient (Wildman–Crippen LogP) is 3.86. The molecule has 0 aliphatic carbocycles. The Morgan fingerprint density at radius 1 is 1.17 bits per heavy atom. The Balaban J connectivity index is 2.80. The Morgan fingerprint density at radius 2 is 1.78 bits per heavy atom. The molecule has 0 spiro atoms. The van der Waals surface area contributed by atoms with Gasteiger partial charge in [0.2, 0.25) is 5.91 Å². The lowest BCUT2D eigenvalue weighted by molar-refractivity contribution is -0.122. The minimum absolute atomic E-state index is 0.120. The number of aryl methyl sites for hydroxylation is 1. The Kier molecular flexibility index (Phi) is 5.90. The van der Waals surface area contributed by atoms with Crippen LogP contribution >= 0.6 is 0 Å². The number of benzene rings is 1. The predicted molar refractivity (Wildman–Crippen MR) is 76.4 cm³/mol. The van der Waals surface area contributed by atoms with Crippen molar-refractivity contribution >= 4 is 5.91 Å². The first-order chi connectivity index (χ1) is 8.58. The summed E-state index contributed by atoms with van der Waals surface area (Å²) in [5, 5.41) is 3.13. The van der Waals surface area contributed by atoms with Gasteiger partial charge in [0.15, 0.2) is 0 Å². The van der Waals surface area contributed by atoms with Gasteiger partial charge in [-0.3, -0.25) is 4.79 Å². The van der Waals surface area contributed by atoms with E-state index in [2.05, 4.69) is 50.4 Å². The van der Waals surface area contributed by atoms with E-state index < -0.39 is 0 Å².